The molecule has 1 aromatic carbocycles. The van der Waals surface area contributed by atoms with Gasteiger partial charge in [-0.3, -0.25) is 0 Å². The lowest BCUT2D eigenvalue weighted by molar-refractivity contribution is 0.368. The number of hydrogen-bond acceptors (Lipinski definition) is 3. The summed E-state index contributed by atoms with van der Waals surface area (Å²) in [5.41, 5.74) is 9.15. The van der Waals surface area contributed by atoms with E-state index < -0.39 is 0 Å². The Hall–Kier alpha value is -1.22. The fraction of sp³-hybridized carbons (Fsp3) is 0.538. The number of aromatic hydroxyl groups is 1. The molecule has 0 aromatic heterocycles. The molecule has 0 radical (unpaired) electrons. The van der Waals surface area contributed by atoms with Gasteiger partial charge in [-0.1, -0.05) is 6.07 Å². The maximum atomic E-state index is 9.86. The highest BCUT2D eigenvalue weighted by Crippen LogP contribution is 2.41. The van der Waals surface area contributed by atoms with Gasteiger partial charge in [0.2, 0.25) is 0 Å². The zero-order valence-electron chi connectivity index (χ0n) is 10.1. The van der Waals surface area contributed by atoms with Crippen molar-refractivity contribution in [3.8, 4) is 11.5 Å². The van der Waals surface area contributed by atoms with Crippen molar-refractivity contribution in [2.45, 2.75) is 38.6 Å². The van der Waals surface area contributed by atoms with Crippen molar-refractivity contribution >= 4 is 0 Å². The van der Waals surface area contributed by atoms with Crippen molar-refractivity contribution in [1.29, 1.82) is 0 Å². The zero-order valence-corrected chi connectivity index (χ0v) is 10.1. The number of rotatable bonds is 3. The molecule has 0 aliphatic heterocycles. The number of aryl methyl sites for hydroxylation is 1. The Morgan fingerprint density at radius 1 is 1.44 bits per heavy atom. The second-order valence-electron chi connectivity index (χ2n) is 4.90. The van der Waals surface area contributed by atoms with Crippen LogP contribution in [-0.4, -0.2) is 17.8 Å². The summed E-state index contributed by atoms with van der Waals surface area (Å²) in [6.07, 6.45) is 3.06. The number of methoxy groups -OCH3 is 1. The topological polar surface area (TPSA) is 55.5 Å². The van der Waals surface area contributed by atoms with E-state index in [4.69, 9.17) is 10.5 Å². The standard InChI is InChI=1S/C13H19NO2/c1-8-6-10(7-13(14)4-5-13)9(2)12(16-3)11(8)15/h6,15H,4-5,7,14H2,1-3H3. The Balaban J connectivity index is 2.41. The summed E-state index contributed by atoms with van der Waals surface area (Å²) in [4.78, 5) is 0. The molecule has 1 aromatic rings. The summed E-state index contributed by atoms with van der Waals surface area (Å²) < 4.78 is 5.24. The second-order valence-corrected chi connectivity index (χ2v) is 4.90. The number of nitrogens with two attached hydrogens (primary N) is 1. The number of hydrogen-bond donors (Lipinski definition) is 2. The summed E-state index contributed by atoms with van der Waals surface area (Å²) in [6.45, 7) is 3.86. The first-order chi connectivity index (χ1) is 7.47. The minimum Gasteiger partial charge on any atom is -0.504 e. The lowest BCUT2D eigenvalue weighted by Crippen LogP contribution is -2.25. The van der Waals surface area contributed by atoms with Crippen LogP contribution < -0.4 is 10.5 Å². The van der Waals surface area contributed by atoms with Crippen LogP contribution in [0.5, 0.6) is 11.5 Å². The zero-order chi connectivity index (χ0) is 11.9. The van der Waals surface area contributed by atoms with Gasteiger partial charge < -0.3 is 15.6 Å². The molecule has 3 N–H and O–H groups in total. The van der Waals surface area contributed by atoms with Crippen LogP contribution in [0.4, 0.5) is 0 Å². The molecular formula is C13H19NO2. The highest BCUT2D eigenvalue weighted by molar-refractivity contribution is 5.54. The van der Waals surface area contributed by atoms with E-state index in [0.29, 0.717) is 5.75 Å². The van der Waals surface area contributed by atoms with Crippen molar-refractivity contribution in [2.24, 2.45) is 5.73 Å². The highest BCUT2D eigenvalue weighted by Gasteiger charge is 2.38. The molecule has 0 bridgehead atoms. The van der Waals surface area contributed by atoms with Gasteiger partial charge in [0, 0.05) is 5.54 Å². The molecule has 0 heterocycles. The average molecular weight is 221 g/mol. The fourth-order valence-electron chi connectivity index (χ4n) is 2.09. The van der Waals surface area contributed by atoms with Crippen LogP contribution in [0, 0.1) is 13.8 Å². The summed E-state index contributed by atoms with van der Waals surface area (Å²) in [5.74, 6) is 0.824. The van der Waals surface area contributed by atoms with E-state index in [-0.39, 0.29) is 11.3 Å². The molecule has 2 rings (SSSR count). The van der Waals surface area contributed by atoms with Crippen LogP contribution in [0.15, 0.2) is 6.07 Å². The van der Waals surface area contributed by atoms with Gasteiger partial charge in [0.25, 0.3) is 0 Å². The number of phenolic OH excluding ortho intramolecular Hbond substituents is 1. The third kappa shape index (κ3) is 1.87. The Kier molecular flexibility index (Phi) is 2.58. The molecule has 16 heavy (non-hydrogen) atoms. The summed E-state index contributed by atoms with van der Waals surface area (Å²) in [5, 5.41) is 9.86. The van der Waals surface area contributed by atoms with Gasteiger partial charge in [0.15, 0.2) is 11.5 Å². The third-order valence-electron chi connectivity index (χ3n) is 3.44. The minimum atomic E-state index is -0.0147. The van der Waals surface area contributed by atoms with Crippen LogP contribution >= 0.6 is 0 Å². The molecule has 0 spiro atoms. The molecule has 1 fully saturated rings. The van der Waals surface area contributed by atoms with Crippen LogP contribution in [-0.2, 0) is 6.42 Å². The first-order valence-corrected chi connectivity index (χ1v) is 5.62. The summed E-state index contributed by atoms with van der Waals surface area (Å²) in [6, 6.07) is 2.01. The highest BCUT2D eigenvalue weighted by atomic mass is 16.5. The average Bonchev–Trinajstić information content (AvgIpc) is 2.94. The second kappa shape index (κ2) is 3.67. The normalized spacial score (nSPS) is 17.2. The van der Waals surface area contributed by atoms with Crippen molar-refractivity contribution < 1.29 is 9.84 Å². The first-order valence-electron chi connectivity index (χ1n) is 5.62. The molecule has 3 heteroatoms. The molecule has 0 amide bonds. The van der Waals surface area contributed by atoms with E-state index in [0.717, 1.165) is 30.4 Å². The first kappa shape index (κ1) is 11.3. The Morgan fingerprint density at radius 2 is 2.06 bits per heavy atom. The summed E-state index contributed by atoms with van der Waals surface area (Å²) >= 11 is 0. The predicted octanol–water partition coefficient (Wildman–Crippen LogP) is 2.05. The van der Waals surface area contributed by atoms with E-state index in [1.54, 1.807) is 7.11 Å². The van der Waals surface area contributed by atoms with Gasteiger partial charge in [-0.25, -0.2) is 0 Å². The van der Waals surface area contributed by atoms with Crippen molar-refractivity contribution in [1.82, 2.24) is 0 Å². The van der Waals surface area contributed by atoms with Gasteiger partial charge in [0.1, 0.15) is 0 Å². The molecule has 88 valence electrons. The molecule has 0 atom stereocenters. The summed E-state index contributed by atoms with van der Waals surface area (Å²) in [7, 11) is 1.58. The fourth-order valence-corrected chi connectivity index (χ4v) is 2.09. The Morgan fingerprint density at radius 3 is 2.56 bits per heavy atom. The SMILES string of the molecule is COc1c(C)c(CC2(N)CC2)cc(C)c1O. The predicted molar refractivity (Wildman–Crippen MR) is 64.0 cm³/mol. The molecular weight excluding hydrogens is 202 g/mol. The van der Waals surface area contributed by atoms with Crippen LogP contribution in [0.1, 0.15) is 29.5 Å². The van der Waals surface area contributed by atoms with E-state index >= 15 is 0 Å². The van der Waals surface area contributed by atoms with Crippen molar-refractivity contribution in [2.75, 3.05) is 7.11 Å². The Bertz CT molecular complexity index is 422. The molecule has 1 aliphatic carbocycles. The van der Waals surface area contributed by atoms with Gasteiger partial charge in [-0.05, 0) is 49.8 Å². The lowest BCUT2D eigenvalue weighted by atomic mass is 9.96. The molecule has 0 saturated heterocycles. The van der Waals surface area contributed by atoms with Gasteiger partial charge >= 0.3 is 0 Å². The number of phenols is 1. The lowest BCUT2D eigenvalue weighted by Gasteiger charge is -2.16. The van der Waals surface area contributed by atoms with Crippen LogP contribution in [0.25, 0.3) is 0 Å². The van der Waals surface area contributed by atoms with Crippen molar-refractivity contribution in [3.63, 3.8) is 0 Å². The van der Waals surface area contributed by atoms with E-state index in [1.807, 2.05) is 19.9 Å². The van der Waals surface area contributed by atoms with Gasteiger partial charge in [-0.2, -0.15) is 0 Å². The van der Waals surface area contributed by atoms with Crippen LogP contribution in [0.2, 0.25) is 0 Å². The quantitative estimate of drug-likeness (QED) is 0.821. The van der Waals surface area contributed by atoms with E-state index in [1.165, 1.54) is 5.56 Å². The third-order valence-corrected chi connectivity index (χ3v) is 3.44. The molecule has 1 saturated carbocycles. The van der Waals surface area contributed by atoms with E-state index in [9.17, 15) is 5.11 Å². The Labute approximate surface area is 96.2 Å². The van der Waals surface area contributed by atoms with E-state index in [2.05, 4.69) is 0 Å². The molecule has 1 aliphatic rings. The van der Waals surface area contributed by atoms with Gasteiger partial charge in [-0.15, -0.1) is 0 Å². The number of benzene rings is 1. The smallest absolute Gasteiger partial charge is 0.163 e. The largest absolute Gasteiger partial charge is 0.504 e. The van der Waals surface area contributed by atoms with Gasteiger partial charge in [0.05, 0.1) is 7.11 Å². The maximum Gasteiger partial charge on any atom is 0.163 e. The van der Waals surface area contributed by atoms with Crippen molar-refractivity contribution in [3.05, 3.63) is 22.8 Å². The molecule has 0 unspecified atom stereocenters. The number of ether oxygens (including phenoxy) is 1. The maximum absolute atomic E-state index is 9.86. The monoisotopic (exact) mass is 221 g/mol. The molecule has 3 nitrogen and oxygen atoms in total. The minimum absolute atomic E-state index is 0.0147. The van der Waals surface area contributed by atoms with Crippen LogP contribution in [0.3, 0.4) is 0 Å².